The van der Waals surface area contributed by atoms with E-state index in [0.717, 1.165) is 37.1 Å². The van der Waals surface area contributed by atoms with Gasteiger partial charge >= 0.3 is 0 Å². The van der Waals surface area contributed by atoms with Crippen LogP contribution in [0, 0.1) is 0 Å². The number of benzene rings is 1. The van der Waals surface area contributed by atoms with Gasteiger partial charge in [-0.2, -0.15) is 5.10 Å². The van der Waals surface area contributed by atoms with Gasteiger partial charge in [-0.15, -0.1) is 0 Å². The van der Waals surface area contributed by atoms with Crippen molar-refractivity contribution in [2.75, 3.05) is 19.6 Å². The average Bonchev–Trinajstić information content (AvgIpc) is 3.35. The van der Waals surface area contributed by atoms with Crippen LogP contribution in [0.2, 0.25) is 0 Å². The molecule has 3 heterocycles. The zero-order valence-corrected chi connectivity index (χ0v) is 14.9. The first kappa shape index (κ1) is 16.3. The zero-order valence-electron chi connectivity index (χ0n) is 14.9. The molecule has 25 heavy (non-hydrogen) atoms. The monoisotopic (exact) mass is 338 g/mol. The summed E-state index contributed by atoms with van der Waals surface area (Å²) in [4.78, 5) is 17.6. The third-order valence-corrected chi connectivity index (χ3v) is 5.40. The molecule has 0 bridgehead atoms. The highest BCUT2D eigenvalue weighted by molar-refractivity contribution is 5.94. The third kappa shape index (κ3) is 3.47. The molecule has 2 aromatic rings. The molecular weight excluding hydrogens is 312 g/mol. The molecule has 0 radical (unpaired) electrons. The van der Waals surface area contributed by atoms with E-state index in [2.05, 4.69) is 22.1 Å². The summed E-state index contributed by atoms with van der Waals surface area (Å²) in [6.07, 6.45) is 8.57. The number of amides is 1. The summed E-state index contributed by atoms with van der Waals surface area (Å²) in [5, 5.41) is 4.27. The minimum absolute atomic E-state index is 0.148. The average molecular weight is 338 g/mol. The van der Waals surface area contributed by atoms with Crippen molar-refractivity contribution in [1.82, 2.24) is 19.6 Å². The summed E-state index contributed by atoms with van der Waals surface area (Å²) in [5.41, 5.74) is 3.19. The first-order valence-corrected chi connectivity index (χ1v) is 9.31. The number of rotatable bonds is 4. The van der Waals surface area contributed by atoms with Gasteiger partial charge in [0.15, 0.2) is 0 Å². The lowest BCUT2D eigenvalue weighted by Gasteiger charge is -2.24. The highest BCUT2D eigenvalue weighted by Crippen LogP contribution is 2.33. The van der Waals surface area contributed by atoms with Crippen molar-refractivity contribution in [1.29, 1.82) is 0 Å². The summed E-state index contributed by atoms with van der Waals surface area (Å²) in [6.45, 7) is 4.13. The Bertz CT molecular complexity index is 748. The van der Waals surface area contributed by atoms with Crippen LogP contribution in [0.5, 0.6) is 0 Å². The molecule has 1 amide bonds. The van der Waals surface area contributed by atoms with Crippen molar-refractivity contribution >= 4 is 5.91 Å². The van der Waals surface area contributed by atoms with Crippen LogP contribution in [0.4, 0.5) is 0 Å². The van der Waals surface area contributed by atoms with Gasteiger partial charge in [-0.05, 0) is 56.5 Å². The summed E-state index contributed by atoms with van der Waals surface area (Å²) < 4.78 is 1.81. The standard InChI is InChI=1S/C20H26N4O/c1-22-15-18(13-21-22)19-8-5-11-24(19)20(25)17-7-4-6-16(12-17)14-23-9-2-3-10-23/h4,6-7,12-13,15,19H,2-3,5,8-11,14H2,1H3. The van der Waals surface area contributed by atoms with Gasteiger partial charge in [0.2, 0.25) is 0 Å². The summed E-state index contributed by atoms with van der Waals surface area (Å²) >= 11 is 0. The molecule has 0 aliphatic carbocycles. The number of carbonyl (C=O) groups excluding carboxylic acids is 1. The molecule has 2 saturated heterocycles. The van der Waals surface area contributed by atoms with Crippen LogP contribution < -0.4 is 0 Å². The summed E-state index contributed by atoms with van der Waals surface area (Å²) in [6, 6.07) is 8.35. The van der Waals surface area contributed by atoms with Crippen LogP contribution in [0.15, 0.2) is 36.7 Å². The van der Waals surface area contributed by atoms with E-state index in [1.165, 1.54) is 31.5 Å². The van der Waals surface area contributed by atoms with Crippen LogP contribution in [0.3, 0.4) is 0 Å². The van der Waals surface area contributed by atoms with Crippen molar-refractivity contribution in [3.05, 3.63) is 53.3 Å². The van der Waals surface area contributed by atoms with Gasteiger partial charge in [-0.3, -0.25) is 14.4 Å². The molecule has 2 aliphatic heterocycles. The molecule has 0 N–H and O–H groups in total. The van der Waals surface area contributed by atoms with Gasteiger partial charge < -0.3 is 4.90 Å². The molecule has 1 unspecified atom stereocenters. The number of aryl methyl sites for hydroxylation is 1. The Morgan fingerprint density at radius 2 is 2.04 bits per heavy atom. The van der Waals surface area contributed by atoms with Gasteiger partial charge in [0.05, 0.1) is 12.2 Å². The second kappa shape index (κ2) is 7.00. The number of hydrogen-bond donors (Lipinski definition) is 0. The first-order chi connectivity index (χ1) is 12.2. The fourth-order valence-corrected chi connectivity index (χ4v) is 4.14. The summed E-state index contributed by atoms with van der Waals surface area (Å²) in [5.74, 6) is 0.148. The maximum atomic E-state index is 13.1. The number of likely N-dealkylation sites (tertiary alicyclic amines) is 2. The number of carbonyl (C=O) groups is 1. The maximum Gasteiger partial charge on any atom is 0.254 e. The second-order valence-electron chi connectivity index (χ2n) is 7.29. The van der Waals surface area contributed by atoms with E-state index in [0.29, 0.717) is 0 Å². The molecule has 4 rings (SSSR count). The van der Waals surface area contributed by atoms with E-state index in [9.17, 15) is 4.79 Å². The van der Waals surface area contributed by atoms with Crippen LogP contribution in [0.1, 0.15) is 53.2 Å². The predicted molar refractivity (Wildman–Crippen MR) is 97.2 cm³/mol. The van der Waals surface area contributed by atoms with E-state index < -0.39 is 0 Å². The number of nitrogens with zero attached hydrogens (tertiary/aromatic N) is 4. The van der Waals surface area contributed by atoms with E-state index in [1.54, 1.807) is 0 Å². The molecule has 0 spiro atoms. The van der Waals surface area contributed by atoms with E-state index in [4.69, 9.17) is 0 Å². The minimum Gasteiger partial charge on any atom is -0.331 e. The minimum atomic E-state index is 0.148. The fourth-order valence-electron chi connectivity index (χ4n) is 4.14. The van der Waals surface area contributed by atoms with Gasteiger partial charge in [-0.1, -0.05) is 12.1 Å². The Morgan fingerprint density at radius 3 is 2.80 bits per heavy atom. The lowest BCUT2D eigenvalue weighted by molar-refractivity contribution is 0.0735. The van der Waals surface area contributed by atoms with Crippen molar-refractivity contribution in [2.24, 2.45) is 7.05 Å². The maximum absolute atomic E-state index is 13.1. The number of aromatic nitrogens is 2. The van der Waals surface area contributed by atoms with Gasteiger partial charge in [-0.25, -0.2) is 0 Å². The molecule has 132 valence electrons. The van der Waals surface area contributed by atoms with Crippen molar-refractivity contribution in [2.45, 2.75) is 38.3 Å². The Labute approximate surface area is 149 Å². The molecule has 0 saturated carbocycles. The Hall–Kier alpha value is -2.14. The van der Waals surface area contributed by atoms with Crippen LogP contribution in [0.25, 0.3) is 0 Å². The van der Waals surface area contributed by atoms with Crippen LogP contribution >= 0.6 is 0 Å². The molecule has 5 nitrogen and oxygen atoms in total. The first-order valence-electron chi connectivity index (χ1n) is 9.31. The van der Waals surface area contributed by atoms with E-state index in [1.807, 2.05) is 41.2 Å². The third-order valence-electron chi connectivity index (χ3n) is 5.40. The topological polar surface area (TPSA) is 41.4 Å². The quantitative estimate of drug-likeness (QED) is 0.860. The Morgan fingerprint density at radius 1 is 1.20 bits per heavy atom. The van der Waals surface area contributed by atoms with Crippen LogP contribution in [-0.4, -0.2) is 45.1 Å². The molecular formula is C20H26N4O. The Balaban J connectivity index is 1.51. The lowest BCUT2D eigenvalue weighted by Crippen LogP contribution is -2.30. The fraction of sp³-hybridized carbons (Fsp3) is 0.500. The lowest BCUT2D eigenvalue weighted by atomic mass is 10.1. The van der Waals surface area contributed by atoms with E-state index in [-0.39, 0.29) is 11.9 Å². The highest BCUT2D eigenvalue weighted by atomic mass is 16.2. The summed E-state index contributed by atoms with van der Waals surface area (Å²) in [7, 11) is 1.92. The van der Waals surface area contributed by atoms with Gasteiger partial charge in [0.1, 0.15) is 0 Å². The highest BCUT2D eigenvalue weighted by Gasteiger charge is 2.31. The molecule has 5 heteroatoms. The zero-order chi connectivity index (χ0) is 17.2. The second-order valence-corrected chi connectivity index (χ2v) is 7.29. The smallest absolute Gasteiger partial charge is 0.254 e. The molecule has 1 aromatic carbocycles. The normalized spacial score (nSPS) is 21.2. The SMILES string of the molecule is Cn1cc(C2CCCN2C(=O)c2cccc(CN3CCCC3)c2)cn1. The van der Waals surface area contributed by atoms with Gasteiger partial charge in [0.25, 0.3) is 5.91 Å². The Kier molecular flexibility index (Phi) is 4.57. The van der Waals surface area contributed by atoms with Gasteiger partial charge in [0, 0.05) is 37.5 Å². The number of hydrogen-bond acceptors (Lipinski definition) is 3. The predicted octanol–water partition coefficient (Wildman–Crippen LogP) is 2.99. The molecule has 2 aliphatic rings. The van der Waals surface area contributed by atoms with Crippen molar-refractivity contribution in [3.8, 4) is 0 Å². The van der Waals surface area contributed by atoms with Crippen LogP contribution in [-0.2, 0) is 13.6 Å². The molecule has 1 atom stereocenters. The van der Waals surface area contributed by atoms with Crippen molar-refractivity contribution in [3.63, 3.8) is 0 Å². The van der Waals surface area contributed by atoms with Crippen molar-refractivity contribution < 1.29 is 4.79 Å². The largest absolute Gasteiger partial charge is 0.331 e. The molecule has 1 aromatic heterocycles. The van der Waals surface area contributed by atoms with E-state index >= 15 is 0 Å². The molecule has 2 fully saturated rings.